The van der Waals surface area contributed by atoms with Gasteiger partial charge in [0.15, 0.2) is 0 Å². The summed E-state index contributed by atoms with van der Waals surface area (Å²) in [6.45, 7) is 5.93. The lowest BCUT2D eigenvalue weighted by molar-refractivity contribution is -0.129. The molecule has 0 fully saturated rings. The first-order valence-electron chi connectivity index (χ1n) is 5.82. The van der Waals surface area contributed by atoms with Gasteiger partial charge in [0.1, 0.15) is 22.1 Å². The summed E-state index contributed by atoms with van der Waals surface area (Å²) in [6.07, 6.45) is 1.67. The Morgan fingerprint density at radius 1 is 1.37 bits per heavy atom. The van der Waals surface area contributed by atoms with Crippen LogP contribution < -0.4 is 0 Å². The summed E-state index contributed by atoms with van der Waals surface area (Å²) in [7, 11) is 5.55. The Morgan fingerprint density at radius 3 is 2.53 bits per heavy atom. The Balaban J connectivity index is 4.12. The van der Waals surface area contributed by atoms with Crippen LogP contribution >= 0.6 is 16.6 Å². The van der Waals surface area contributed by atoms with Gasteiger partial charge in [-0.25, -0.2) is 0 Å². The lowest BCUT2D eigenvalue weighted by atomic mass is 10.2. The molecule has 0 aliphatic carbocycles. The van der Waals surface area contributed by atoms with E-state index in [9.17, 15) is 4.79 Å². The van der Waals surface area contributed by atoms with Gasteiger partial charge in [-0.2, -0.15) is 13.6 Å². The number of hydrogen-bond donors (Lipinski definition) is 0. The van der Waals surface area contributed by atoms with Crippen molar-refractivity contribution < 1.29 is 23.1 Å². The molecule has 3 unspecified atom stereocenters. The second-order valence-corrected chi connectivity index (χ2v) is 7.94. The lowest BCUT2D eigenvalue weighted by Gasteiger charge is -2.19. The first-order valence-corrected chi connectivity index (χ1v) is 8.98. The second kappa shape index (κ2) is 10.7. The van der Waals surface area contributed by atoms with E-state index in [-0.39, 0.29) is 12.5 Å². The third-order valence-electron chi connectivity index (χ3n) is 2.24. The van der Waals surface area contributed by atoms with Gasteiger partial charge in [-0.1, -0.05) is 6.08 Å². The molecule has 0 amide bonds. The molecule has 112 valence electrons. The van der Waals surface area contributed by atoms with Crippen molar-refractivity contribution in [2.24, 2.45) is 5.92 Å². The van der Waals surface area contributed by atoms with Crippen LogP contribution in [0, 0.1) is 5.92 Å². The third kappa shape index (κ3) is 9.44. The van der Waals surface area contributed by atoms with Gasteiger partial charge in [-0.15, -0.1) is 6.58 Å². The summed E-state index contributed by atoms with van der Waals surface area (Å²) in [4.78, 5) is 12.1. The van der Waals surface area contributed by atoms with Gasteiger partial charge in [0, 0.05) is 12.5 Å². The minimum Gasteiger partial charge on any atom is -0.467 e. The van der Waals surface area contributed by atoms with Crippen LogP contribution in [0.1, 0.15) is 0 Å². The van der Waals surface area contributed by atoms with E-state index in [1.807, 2.05) is 19.0 Å². The number of carbonyl (C=O) groups excluding carboxylic acids is 1. The molecule has 0 aromatic rings. The Kier molecular flexibility index (Phi) is 10.6. The fourth-order valence-corrected chi connectivity index (χ4v) is 2.64. The Bertz CT molecular complexity index is 267. The zero-order chi connectivity index (χ0) is 14.7. The summed E-state index contributed by atoms with van der Waals surface area (Å²) in [5.74, 6) is -0.0854. The van der Waals surface area contributed by atoms with Crippen LogP contribution in [0.4, 0.5) is 0 Å². The second-order valence-electron chi connectivity index (χ2n) is 4.08. The topological polar surface area (TPSA) is 57.2 Å². The molecule has 0 N–H and O–H groups in total. The van der Waals surface area contributed by atoms with Crippen molar-refractivity contribution in [1.29, 1.82) is 0 Å². The van der Waals surface area contributed by atoms with Crippen LogP contribution in [0.25, 0.3) is 0 Å². The maximum absolute atomic E-state index is 10.1. The van der Waals surface area contributed by atoms with E-state index in [2.05, 4.69) is 20.2 Å². The van der Waals surface area contributed by atoms with Gasteiger partial charge >= 0.3 is 7.63 Å². The van der Waals surface area contributed by atoms with Gasteiger partial charge in [-0.05, 0) is 14.1 Å². The highest BCUT2D eigenvalue weighted by atomic mass is 32.1. The Labute approximate surface area is 118 Å². The van der Waals surface area contributed by atoms with Crippen LogP contribution in [0.3, 0.4) is 0 Å². The molecule has 0 rings (SSSR count). The average molecular weight is 312 g/mol. The maximum atomic E-state index is 10.1. The largest absolute Gasteiger partial charge is 0.467 e. The molecule has 0 aromatic carbocycles. The van der Waals surface area contributed by atoms with E-state index in [0.29, 0.717) is 19.7 Å². The SMILES string of the molecule is C=CC(COC=O)CO[P+](P)(OC)OCCN(C)C. The third-order valence-corrected chi connectivity index (χ3v) is 5.33. The van der Waals surface area contributed by atoms with Gasteiger partial charge < -0.3 is 9.64 Å². The predicted octanol–water partition coefficient (Wildman–Crippen LogP) is 1.76. The number of likely N-dealkylation sites (N-methyl/N-ethyl adjacent to an activating group) is 1. The summed E-state index contributed by atoms with van der Waals surface area (Å²) in [5.41, 5.74) is 0. The van der Waals surface area contributed by atoms with Crippen molar-refractivity contribution in [3.05, 3.63) is 12.7 Å². The molecule has 0 saturated carbocycles. The smallest absolute Gasteiger partial charge is 0.421 e. The highest BCUT2D eigenvalue weighted by molar-refractivity contribution is 8.16. The summed E-state index contributed by atoms with van der Waals surface area (Å²) in [5, 5.41) is 0. The van der Waals surface area contributed by atoms with E-state index < -0.39 is 7.63 Å². The molecule has 0 radical (unpaired) electrons. The normalized spacial score (nSPS) is 15.8. The first kappa shape index (κ1) is 18.9. The van der Waals surface area contributed by atoms with Crippen molar-refractivity contribution in [2.45, 2.75) is 0 Å². The molecule has 0 aliphatic rings. The van der Waals surface area contributed by atoms with Gasteiger partial charge in [0.05, 0.1) is 13.7 Å². The van der Waals surface area contributed by atoms with Crippen molar-refractivity contribution in [3.63, 3.8) is 0 Å². The average Bonchev–Trinajstić information content (AvgIpc) is 2.38. The van der Waals surface area contributed by atoms with Gasteiger partial charge in [0.25, 0.3) is 6.47 Å². The van der Waals surface area contributed by atoms with Crippen molar-refractivity contribution >= 4 is 23.0 Å². The number of rotatable bonds is 12. The van der Waals surface area contributed by atoms with E-state index in [1.165, 1.54) is 0 Å². The molecule has 3 atom stereocenters. The number of ether oxygens (including phenoxy) is 1. The lowest BCUT2D eigenvalue weighted by Crippen LogP contribution is -2.19. The first-order chi connectivity index (χ1) is 8.97. The molecule has 8 heteroatoms. The van der Waals surface area contributed by atoms with Crippen molar-refractivity contribution in [2.75, 3.05) is 47.6 Å². The monoisotopic (exact) mass is 312 g/mol. The number of carbonyl (C=O) groups is 1. The highest BCUT2D eigenvalue weighted by Crippen LogP contribution is 2.69. The molecule has 0 heterocycles. The van der Waals surface area contributed by atoms with E-state index in [1.54, 1.807) is 13.2 Å². The van der Waals surface area contributed by atoms with Crippen LogP contribution in [0.5, 0.6) is 0 Å². The van der Waals surface area contributed by atoms with Crippen LogP contribution in [-0.2, 0) is 23.1 Å². The van der Waals surface area contributed by atoms with Crippen molar-refractivity contribution in [3.8, 4) is 0 Å². The van der Waals surface area contributed by atoms with Crippen LogP contribution in [0.2, 0.25) is 0 Å². The van der Waals surface area contributed by atoms with Gasteiger partial charge in [-0.3, -0.25) is 4.79 Å². The van der Waals surface area contributed by atoms with Crippen molar-refractivity contribution in [1.82, 2.24) is 4.90 Å². The van der Waals surface area contributed by atoms with Crippen LogP contribution in [-0.4, -0.2) is 58.9 Å². The molecule has 19 heavy (non-hydrogen) atoms. The fourth-order valence-electron chi connectivity index (χ4n) is 1.04. The minimum absolute atomic E-state index is 0.0854. The molecule has 0 saturated heterocycles. The van der Waals surface area contributed by atoms with Crippen LogP contribution in [0.15, 0.2) is 12.7 Å². The predicted molar refractivity (Wildman–Crippen MR) is 79.8 cm³/mol. The van der Waals surface area contributed by atoms with Gasteiger partial charge in [0.2, 0.25) is 0 Å². The summed E-state index contributed by atoms with van der Waals surface area (Å²) >= 11 is 0. The Hall–Kier alpha value is -0.0900. The molecular formula is C11H24NO5P2+. The number of hydrogen-bond acceptors (Lipinski definition) is 6. The molecule has 0 spiro atoms. The Morgan fingerprint density at radius 2 is 2.05 bits per heavy atom. The summed E-state index contributed by atoms with van der Waals surface area (Å²) < 4.78 is 21.3. The molecular weight excluding hydrogens is 288 g/mol. The molecule has 0 aliphatic heterocycles. The van der Waals surface area contributed by atoms with E-state index in [0.717, 1.165) is 6.54 Å². The maximum Gasteiger partial charge on any atom is 0.421 e. The fraction of sp³-hybridized carbons (Fsp3) is 0.727. The highest BCUT2D eigenvalue weighted by Gasteiger charge is 2.38. The number of nitrogens with zero attached hydrogens (tertiary/aromatic N) is 1. The zero-order valence-electron chi connectivity index (χ0n) is 11.8. The quantitative estimate of drug-likeness (QED) is 0.311. The van der Waals surface area contributed by atoms with E-state index in [4.69, 9.17) is 13.6 Å². The minimum atomic E-state index is -2.41. The standard InChI is InChI=1S/C11H24NO5P2/c1-5-11(8-15-10-13)9-17-19(18,14-4)16-7-6-12(2)3/h5,10-11H,1,6-9,18H2,2-4H3/q+1. The molecule has 0 bridgehead atoms. The van der Waals surface area contributed by atoms with E-state index >= 15 is 0 Å². The molecule has 0 aromatic heterocycles. The zero-order valence-corrected chi connectivity index (χ0v) is 13.8. The summed E-state index contributed by atoms with van der Waals surface area (Å²) in [6, 6.07) is 0. The molecule has 6 nitrogen and oxygen atoms in total.